The standard InChI is InChI=1S/C22H21N3O4/c1-14-3-6-18(27-2)17(9-14)25-21-8-5-16(12-23-21)22(26)24-11-15-4-7-19-20(10-15)29-13-28-19/h3-10,12H,11,13H2,1-2H3,(H,23,25)(H,24,26). The van der Waals surface area contributed by atoms with Crippen LogP contribution in [0.25, 0.3) is 0 Å². The predicted octanol–water partition coefficient (Wildman–Crippen LogP) is 3.80. The van der Waals surface area contributed by atoms with Gasteiger partial charge in [-0.1, -0.05) is 12.1 Å². The van der Waals surface area contributed by atoms with Gasteiger partial charge < -0.3 is 24.8 Å². The van der Waals surface area contributed by atoms with Gasteiger partial charge in [0.2, 0.25) is 6.79 Å². The molecule has 4 rings (SSSR count). The fraction of sp³-hybridized carbons (Fsp3) is 0.182. The van der Waals surface area contributed by atoms with E-state index in [-0.39, 0.29) is 12.7 Å². The molecule has 0 fully saturated rings. The number of nitrogens with one attached hydrogen (secondary N) is 2. The third kappa shape index (κ3) is 4.24. The van der Waals surface area contributed by atoms with E-state index >= 15 is 0 Å². The van der Waals surface area contributed by atoms with E-state index in [2.05, 4.69) is 15.6 Å². The third-order valence-electron chi connectivity index (χ3n) is 4.53. The Balaban J connectivity index is 1.38. The summed E-state index contributed by atoms with van der Waals surface area (Å²) in [6.45, 7) is 2.62. The number of amides is 1. The Morgan fingerprint density at radius 1 is 1.10 bits per heavy atom. The maximum Gasteiger partial charge on any atom is 0.253 e. The minimum atomic E-state index is -0.199. The molecule has 0 spiro atoms. The van der Waals surface area contributed by atoms with Gasteiger partial charge in [-0.3, -0.25) is 4.79 Å². The molecule has 0 radical (unpaired) electrons. The molecule has 0 saturated carbocycles. The molecule has 29 heavy (non-hydrogen) atoms. The SMILES string of the molecule is COc1ccc(C)cc1Nc1ccc(C(=O)NCc2ccc3c(c2)OCO3)cn1. The van der Waals surface area contributed by atoms with Crippen molar-refractivity contribution < 1.29 is 19.0 Å². The van der Waals surface area contributed by atoms with Crippen LogP contribution in [0.15, 0.2) is 54.7 Å². The molecule has 0 aliphatic carbocycles. The molecule has 2 heterocycles. The highest BCUT2D eigenvalue weighted by Gasteiger charge is 2.14. The highest BCUT2D eigenvalue weighted by molar-refractivity contribution is 5.94. The fourth-order valence-corrected chi connectivity index (χ4v) is 2.99. The molecule has 7 nitrogen and oxygen atoms in total. The minimum Gasteiger partial charge on any atom is -0.495 e. The maximum atomic E-state index is 12.4. The zero-order chi connectivity index (χ0) is 20.2. The first-order valence-corrected chi connectivity index (χ1v) is 9.17. The summed E-state index contributed by atoms with van der Waals surface area (Å²) < 4.78 is 16.0. The average Bonchev–Trinajstić information content (AvgIpc) is 3.21. The van der Waals surface area contributed by atoms with E-state index in [1.54, 1.807) is 25.4 Å². The molecule has 2 aromatic carbocycles. The number of rotatable bonds is 6. The summed E-state index contributed by atoms with van der Waals surface area (Å²) in [5.74, 6) is 2.57. The van der Waals surface area contributed by atoms with Gasteiger partial charge >= 0.3 is 0 Å². The molecule has 3 aromatic rings. The van der Waals surface area contributed by atoms with Crippen LogP contribution in [0, 0.1) is 6.92 Å². The first-order chi connectivity index (χ1) is 14.1. The van der Waals surface area contributed by atoms with Crippen LogP contribution in [0.5, 0.6) is 17.2 Å². The number of aryl methyl sites for hydroxylation is 1. The van der Waals surface area contributed by atoms with Gasteiger partial charge in [-0.05, 0) is 54.4 Å². The van der Waals surface area contributed by atoms with Gasteiger partial charge in [-0.2, -0.15) is 0 Å². The van der Waals surface area contributed by atoms with Crippen molar-refractivity contribution in [3.63, 3.8) is 0 Å². The molecule has 1 aliphatic heterocycles. The van der Waals surface area contributed by atoms with E-state index in [1.807, 2.05) is 43.3 Å². The Kier molecular flexibility index (Phi) is 5.20. The number of benzene rings is 2. The van der Waals surface area contributed by atoms with Crippen LogP contribution in [0.3, 0.4) is 0 Å². The van der Waals surface area contributed by atoms with Crippen LogP contribution in [0.1, 0.15) is 21.5 Å². The molecule has 0 atom stereocenters. The van der Waals surface area contributed by atoms with E-state index in [0.717, 1.165) is 28.3 Å². The number of anilines is 2. The number of methoxy groups -OCH3 is 1. The molecule has 148 valence electrons. The molecule has 1 amide bonds. The summed E-state index contributed by atoms with van der Waals surface area (Å²) in [7, 11) is 1.62. The minimum absolute atomic E-state index is 0.199. The summed E-state index contributed by atoms with van der Waals surface area (Å²) in [5.41, 5.74) is 3.33. The Morgan fingerprint density at radius 3 is 2.76 bits per heavy atom. The first kappa shape index (κ1) is 18.6. The largest absolute Gasteiger partial charge is 0.495 e. The second-order valence-corrected chi connectivity index (χ2v) is 6.63. The van der Waals surface area contributed by atoms with Crippen molar-refractivity contribution in [2.24, 2.45) is 0 Å². The summed E-state index contributed by atoms with van der Waals surface area (Å²) in [6, 6.07) is 14.9. The van der Waals surface area contributed by atoms with Crippen molar-refractivity contribution in [2.45, 2.75) is 13.5 Å². The normalized spacial score (nSPS) is 11.8. The van der Waals surface area contributed by atoms with Crippen molar-refractivity contribution in [3.05, 3.63) is 71.4 Å². The van der Waals surface area contributed by atoms with Gasteiger partial charge in [0.25, 0.3) is 5.91 Å². The zero-order valence-corrected chi connectivity index (χ0v) is 16.2. The second kappa shape index (κ2) is 8.10. The maximum absolute atomic E-state index is 12.4. The molecular weight excluding hydrogens is 370 g/mol. The summed E-state index contributed by atoms with van der Waals surface area (Å²) >= 11 is 0. The third-order valence-corrected chi connectivity index (χ3v) is 4.53. The quantitative estimate of drug-likeness (QED) is 0.665. The molecular formula is C22H21N3O4. The lowest BCUT2D eigenvalue weighted by Gasteiger charge is -2.12. The molecule has 1 aromatic heterocycles. The van der Waals surface area contributed by atoms with Crippen LogP contribution >= 0.6 is 0 Å². The van der Waals surface area contributed by atoms with Gasteiger partial charge in [-0.15, -0.1) is 0 Å². The lowest BCUT2D eigenvalue weighted by molar-refractivity contribution is 0.0950. The van der Waals surface area contributed by atoms with Crippen molar-refractivity contribution in [3.8, 4) is 17.2 Å². The number of fused-ring (bicyclic) bond motifs is 1. The number of aromatic nitrogens is 1. The van der Waals surface area contributed by atoms with Gasteiger partial charge in [-0.25, -0.2) is 4.98 Å². The van der Waals surface area contributed by atoms with Gasteiger partial charge in [0.15, 0.2) is 11.5 Å². The van der Waals surface area contributed by atoms with E-state index in [4.69, 9.17) is 14.2 Å². The number of hydrogen-bond donors (Lipinski definition) is 2. The van der Waals surface area contributed by atoms with Crippen LogP contribution in [0.4, 0.5) is 11.5 Å². The number of nitrogens with zero attached hydrogens (tertiary/aromatic N) is 1. The lowest BCUT2D eigenvalue weighted by atomic mass is 10.2. The highest BCUT2D eigenvalue weighted by Crippen LogP contribution is 2.32. The number of carbonyl (C=O) groups is 1. The van der Waals surface area contributed by atoms with E-state index in [1.165, 1.54) is 0 Å². The Bertz CT molecular complexity index is 1030. The number of pyridine rings is 1. The molecule has 0 unspecified atom stereocenters. The van der Waals surface area contributed by atoms with Gasteiger partial charge in [0.05, 0.1) is 18.4 Å². The summed E-state index contributed by atoms with van der Waals surface area (Å²) in [4.78, 5) is 16.8. The molecule has 0 bridgehead atoms. The first-order valence-electron chi connectivity index (χ1n) is 9.17. The van der Waals surface area contributed by atoms with Crippen LogP contribution < -0.4 is 24.8 Å². The monoisotopic (exact) mass is 391 g/mol. The predicted molar refractivity (Wildman–Crippen MR) is 109 cm³/mol. The number of hydrogen-bond acceptors (Lipinski definition) is 6. The smallest absolute Gasteiger partial charge is 0.253 e. The molecule has 7 heteroatoms. The van der Waals surface area contributed by atoms with E-state index in [9.17, 15) is 4.79 Å². The highest BCUT2D eigenvalue weighted by atomic mass is 16.7. The van der Waals surface area contributed by atoms with Gasteiger partial charge in [0.1, 0.15) is 11.6 Å². The van der Waals surface area contributed by atoms with Crippen molar-refractivity contribution in [2.75, 3.05) is 19.2 Å². The Hall–Kier alpha value is -3.74. The van der Waals surface area contributed by atoms with Crippen LogP contribution in [-0.4, -0.2) is 24.8 Å². The molecule has 2 N–H and O–H groups in total. The van der Waals surface area contributed by atoms with Crippen LogP contribution in [-0.2, 0) is 6.54 Å². The topological polar surface area (TPSA) is 81.7 Å². The fourth-order valence-electron chi connectivity index (χ4n) is 2.99. The van der Waals surface area contributed by atoms with Crippen molar-refractivity contribution in [1.82, 2.24) is 10.3 Å². The van der Waals surface area contributed by atoms with E-state index in [0.29, 0.717) is 23.7 Å². The Morgan fingerprint density at radius 2 is 1.97 bits per heavy atom. The molecule has 0 saturated heterocycles. The summed E-state index contributed by atoms with van der Waals surface area (Å²) in [6.07, 6.45) is 1.54. The summed E-state index contributed by atoms with van der Waals surface area (Å²) in [5, 5.41) is 6.10. The van der Waals surface area contributed by atoms with Crippen molar-refractivity contribution in [1.29, 1.82) is 0 Å². The average molecular weight is 391 g/mol. The van der Waals surface area contributed by atoms with Gasteiger partial charge in [0, 0.05) is 12.7 Å². The van der Waals surface area contributed by atoms with Crippen molar-refractivity contribution >= 4 is 17.4 Å². The number of ether oxygens (including phenoxy) is 3. The van der Waals surface area contributed by atoms with Crippen LogP contribution in [0.2, 0.25) is 0 Å². The number of carbonyl (C=O) groups excluding carboxylic acids is 1. The Labute approximate surface area is 168 Å². The second-order valence-electron chi connectivity index (χ2n) is 6.63. The molecule has 1 aliphatic rings. The lowest BCUT2D eigenvalue weighted by Crippen LogP contribution is -2.22. The van der Waals surface area contributed by atoms with E-state index < -0.39 is 0 Å². The zero-order valence-electron chi connectivity index (χ0n) is 16.2.